The molecule has 4 heteroatoms. The molecule has 7 rings (SSSR count). The molecule has 2 nitrogen and oxygen atoms in total. The van der Waals surface area contributed by atoms with E-state index in [0.29, 0.717) is 35.5 Å². The molecule has 5 aromatic rings. The highest BCUT2D eigenvalue weighted by Gasteiger charge is 2.42. The molecule has 266 valence electrons. The molecule has 0 unspecified atom stereocenters. The van der Waals surface area contributed by atoms with E-state index in [1.165, 1.54) is 66.2 Å². The molecular weight excluding hydrogens is 630 g/mol. The minimum atomic E-state index is 0.0246. The van der Waals surface area contributed by atoms with E-state index >= 15 is 0 Å². The Kier molecular flexibility index (Phi) is 9.74. The van der Waals surface area contributed by atoms with E-state index in [4.69, 9.17) is 9.47 Å². The second-order valence-corrected chi connectivity index (χ2v) is 17.2. The van der Waals surface area contributed by atoms with Gasteiger partial charge >= 0.3 is 0 Å². The molecule has 0 aromatic heterocycles. The smallest absolute Gasteiger partial charge is 0.251 e. The van der Waals surface area contributed by atoms with Crippen LogP contribution in [0.5, 0.6) is 23.0 Å². The molecule has 2 aliphatic rings. The zero-order valence-electron chi connectivity index (χ0n) is 33.5. The molecule has 0 aliphatic carbocycles. The fraction of sp³-hybridized carbons (Fsp3) is 0.375. The van der Waals surface area contributed by atoms with Crippen LogP contribution in [0, 0.1) is 0 Å². The second kappa shape index (κ2) is 14.0. The maximum Gasteiger partial charge on any atom is 0.251 e. The Labute approximate surface area is 314 Å². The van der Waals surface area contributed by atoms with Crippen LogP contribution >= 0.6 is 0 Å². The quantitative estimate of drug-likeness (QED) is 0.148. The molecule has 2 aliphatic heterocycles. The van der Waals surface area contributed by atoms with E-state index in [-0.39, 0.29) is 13.4 Å². The summed E-state index contributed by atoms with van der Waals surface area (Å²) in [7, 11) is 0. The summed E-state index contributed by atoms with van der Waals surface area (Å²) in [5, 5.41) is 0. The fourth-order valence-corrected chi connectivity index (χ4v) is 8.73. The normalized spacial score (nSPS) is 13.5. The van der Waals surface area contributed by atoms with E-state index in [0.717, 1.165) is 23.0 Å². The van der Waals surface area contributed by atoms with Gasteiger partial charge in [-0.15, -0.1) is 0 Å². The minimum Gasteiger partial charge on any atom is -0.458 e. The van der Waals surface area contributed by atoms with Crippen molar-refractivity contribution >= 4 is 46.2 Å². The summed E-state index contributed by atoms with van der Waals surface area (Å²) >= 11 is 0. The van der Waals surface area contributed by atoms with Crippen LogP contribution in [0.4, 0.5) is 0 Å². The molecule has 2 heterocycles. The number of fused-ring (bicyclic) bond motifs is 4. The Morgan fingerprint density at radius 1 is 0.346 bits per heavy atom. The maximum atomic E-state index is 6.87. The molecule has 0 atom stereocenters. The van der Waals surface area contributed by atoms with E-state index in [9.17, 15) is 0 Å². The maximum absolute atomic E-state index is 6.87. The molecule has 0 bridgehead atoms. The first kappa shape index (κ1) is 36.2. The lowest BCUT2D eigenvalue weighted by atomic mass is 9.30. The average molecular weight is 687 g/mol. The summed E-state index contributed by atoms with van der Waals surface area (Å²) in [6, 6.07) is 32.0. The predicted molar refractivity (Wildman–Crippen MR) is 226 cm³/mol. The first-order valence-corrected chi connectivity index (χ1v) is 19.8. The second-order valence-electron chi connectivity index (χ2n) is 17.2. The zero-order valence-corrected chi connectivity index (χ0v) is 33.5. The molecule has 0 N–H and O–H groups in total. The van der Waals surface area contributed by atoms with E-state index < -0.39 is 0 Å². The first-order chi connectivity index (χ1) is 24.8. The molecular formula is C48H56B2O2. The van der Waals surface area contributed by atoms with Gasteiger partial charge < -0.3 is 9.47 Å². The highest BCUT2D eigenvalue weighted by atomic mass is 16.5. The molecule has 0 radical (unpaired) electrons. The third-order valence-corrected chi connectivity index (χ3v) is 11.6. The number of hydrogen-bond donors (Lipinski definition) is 0. The standard InChI is InChI=1S/C48H56B2O2/c1-27(2)33-21-35(29(5)6)47(36(22-33)30(7)8)49-39-17-13-15-19-43(39)51-45-26-46-42(25-41(45)49)50(40-18-14-16-20-44(40)52-46)48-37(31(9)10)23-34(28(3)4)24-38(48)32(11)12/h13-32H,1-12H3. The van der Waals surface area contributed by atoms with E-state index in [1.54, 1.807) is 0 Å². The summed E-state index contributed by atoms with van der Waals surface area (Å²) in [5.74, 6) is 6.02. The van der Waals surface area contributed by atoms with Crippen LogP contribution in [0.25, 0.3) is 0 Å². The van der Waals surface area contributed by atoms with Crippen molar-refractivity contribution in [1.29, 1.82) is 0 Å². The monoisotopic (exact) mass is 686 g/mol. The van der Waals surface area contributed by atoms with Gasteiger partial charge in [0.2, 0.25) is 0 Å². The lowest BCUT2D eigenvalue weighted by Gasteiger charge is -2.35. The SMILES string of the molecule is CC(C)c1cc(C(C)C)c(B2c3ccccc3Oc3cc4c(cc32)B(c2c(C(C)C)cc(C(C)C)cc2C(C)C)c2ccccc2O4)c(C(C)C)c1. The summed E-state index contributed by atoms with van der Waals surface area (Å²) in [6.07, 6.45) is 0. The van der Waals surface area contributed by atoms with E-state index in [1.807, 2.05) is 0 Å². The van der Waals surface area contributed by atoms with Crippen LogP contribution in [0.1, 0.15) is 152 Å². The summed E-state index contributed by atoms with van der Waals surface area (Å²) in [4.78, 5) is 0. The fourth-order valence-electron chi connectivity index (χ4n) is 8.73. The van der Waals surface area contributed by atoms with Crippen molar-refractivity contribution in [1.82, 2.24) is 0 Å². The lowest BCUT2D eigenvalue weighted by Crippen LogP contribution is -2.61. The zero-order chi connectivity index (χ0) is 37.2. The first-order valence-electron chi connectivity index (χ1n) is 19.8. The van der Waals surface area contributed by atoms with Crippen molar-refractivity contribution < 1.29 is 9.47 Å². The topological polar surface area (TPSA) is 18.5 Å². The van der Waals surface area contributed by atoms with Gasteiger partial charge in [0.05, 0.1) is 0 Å². The molecule has 0 saturated carbocycles. The lowest BCUT2D eigenvalue weighted by molar-refractivity contribution is 0.465. The van der Waals surface area contributed by atoms with Crippen LogP contribution in [0.3, 0.4) is 0 Å². The highest BCUT2D eigenvalue weighted by molar-refractivity contribution is 7.00. The van der Waals surface area contributed by atoms with E-state index in [2.05, 4.69) is 168 Å². The van der Waals surface area contributed by atoms with Gasteiger partial charge in [0, 0.05) is 6.07 Å². The predicted octanol–water partition coefficient (Wildman–Crippen LogP) is 9.67. The van der Waals surface area contributed by atoms with Crippen LogP contribution in [0.15, 0.2) is 84.9 Å². The number of hydrogen-bond acceptors (Lipinski definition) is 2. The minimum absolute atomic E-state index is 0.0246. The van der Waals surface area contributed by atoms with Gasteiger partial charge in [0.1, 0.15) is 23.0 Å². The van der Waals surface area contributed by atoms with Crippen molar-refractivity contribution in [3.8, 4) is 23.0 Å². The molecule has 52 heavy (non-hydrogen) atoms. The van der Waals surface area contributed by atoms with Gasteiger partial charge in [-0.2, -0.15) is 0 Å². The van der Waals surface area contributed by atoms with Gasteiger partial charge in [-0.25, -0.2) is 0 Å². The van der Waals surface area contributed by atoms with Gasteiger partial charge in [-0.3, -0.25) is 0 Å². The molecule has 5 aromatic carbocycles. The number of para-hydroxylation sites is 2. The van der Waals surface area contributed by atoms with Crippen LogP contribution in [-0.4, -0.2) is 13.4 Å². The Morgan fingerprint density at radius 3 is 0.981 bits per heavy atom. The molecule has 0 amide bonds. The van der Waals surface area contributed by atoms with Crippen molar-refractivity contribution in [2.75, 3.05) is 0 Å². The van der Waals surface area contributed by atoms with Gasteiger partial charge in [-0.05, 0) is 103 Å². The van der Waals surface area contributed by atoms with Gasteiger partial charge in [0.15, 0.2) is 0 Å². The van der Waals surface area contributed by atoms with Crippen molar-refractivity contribution in [3.05, 3.63) is 118 Å². The van der Waals surface area contributed by atoms with Crippen molar-refractivity contribution in [3.63, 3.8) is 0 Å². The van der Waals surface area contributed by atoms with Crippen LogP contribution in [0.2, 0.25) is 0 Å². The Balaban J connectivity index is 1.57. The third kappa shape index (κ3) is 6.21. The number of ether oxygens (including phenoxy) is 2. The van der Waals surface area contributed by atoms with Crippen molar-refractivity contribution in [2.24, 2.45) is 0 Å². The van der Waals surface area contributed by atoms with Crippen LogP contribution < -0.4 is 42.3 Å². The largest absolute Gasteiger partial charge is 0.458 e. The Bertz CT molecular complexity index is 1930. The Morgan fingerprint density at radius 2 is 0.673 bits per heavy atom. The summed E-state index contributed by atoms with van der Waals surface area (Å²) in [6.45, 7) is 28.2. The van der Waals surface area contributed by atoms with Gasteiger partial charge in [0.25, 0.3) is 13.4 Å². The van der Waals surface area contributed by atoms with Crippen LogP contribution in [-0.2, 0) is 0 Å². The summed E-state index contributed by atoms with van der Waals surface area (Å²) < 4.78 is 13.7. The third-order valence-electron chi connectivity index (χ3n) is 11.6. The number of benzene rings is 5. The highest BCUT2D eigenvalue weighted by Crippen LogP contribution is 2.35. The van der Waals surface area contributed by atoms with Crippen molar-refractivity contribution in [2.45, 2.75) is 119 Å². The molecule has 0 spiro atoms. The van der Waals surface area contributed by atoms with Gasteiger partial charge in [-0.1, -0.05) is 161 Å². The average Bonchev–Trinajstić information content (AvgIpc) is 3.10. The molecule has 0 fully saturated rings. The molecule has 0 saturated heterocycles. The number of rotatable bonds is 8. The summed E-state index contributed by atoms with van der Waals surface area (Å²) in [5.41, 5.74) is 16.4. The Hall–Kier alpha value is -4.17.